The molecular formula is C22H18Cl2N2O2S. The van der Waals surface area contributed by atoms with E-state index in [0.29, 0.717) is 22.2 Å². The van der Waals surface area contributed by atoms with Gasteiger partial charge >= 0.3 is 0 Å². The molecule has 0 fully saturated rings. The van der Waals surface area contributed by atoms with Gasteiger partial charge in [0, 0.05) is 16.5 Å². The van der Waals surface area contributed by atoms with Crippen LogP contribution in [0.15, 0.2) is 82.8 Å². The third kappa shape index (κ3) is 4.04. The molecule has 4 rings (SSSR count). The van der Waals surface area contributed by atoms with E-state index in [0.717, 1.165) is 16.7 Å². The number of halogens is 2. The van der Waals surface area contributed by atoms with Crippen molar-refractivity contribution < 1.29 is 8.42 Å². The smallest absolute Gasteiger partial charge is 0.200 e. The molecule has 148 valence electrons. The largest absolute Gasteiger partial charge is 0.279 e. The second-order valence-corrected chi connectivity index (χ2v) is 9.58. The molecule has 0 radical (unpaired) electrons. The molecule has 7 heteroatoms. The lowest BCUT2D eigenvalue weighted by Crippen LogP contribution is -2.27. The van der Waals surface area contributed by atoms with Crippen molar-refractivity contribution in [2.24, 2.45) is 5.10 Å². The molecule has 0 saturated carbocycles. The molecule has 3 aromatic carbocycles. The average Bonchev–Trinajstić information content (AvgIpc) is 3.16. The highest BCUT2D eigenvalue weighted by Crippen LogP contribution is 2.37. The number of hydrogen-bond donors (Lipinski definition) is 0. The minimum atomic E-state index is -3.83. The summed E-state index contributed by atoms with van der Waals surface area (Å²) < 4.78 is 28.0. The lowest BCUT2D eigenvalue weighted by atomic mass is 9.99. The van der Waals surface area contributed by atoms with E-state index in [1.807, 2.05) is 31.2 Å². The minimum Gasteiger partial charge on any atom is -0.200 e. The van der Waals surface area contributed by atoms with E-state index in [1.54, 1.807) is 48.5 Å². The SMILES string of the molecule is Cc1ccc(S(=O)(=O)N2N=C(c3ccc(Cl)cc3)CC2c2ccc(Cl)cc2)cc1. The predicted molar refractivity (Wildman–Crippen MR) is 117 cm³/mol. The van der Waals surface area contributed by atoms with Crippen molar-refractivity contribution in [2.75, 3.05) is 0 Å². The summed E-state index contributed by atoms with van der Waals surface area (Å²) in [5, 5.41) is 5.74. The Balaban J connectivity index is 1.79. The van der Waals surface area contributed by atoms with E-state index in [4.69, 9.17) is 23.2 Å². The Morgan fingerprint density at radius 2 is 1.41 bits per heavy atom. The van der Waals surface area contributed by atoms with Gasteiger partial charge in [-0.05, 0) is 54.4 Å². The third-order valence-corrected chi connectivity index (χ3v) is 7.07. The van der Waals surface area contributed by atoms with Crippen LogP contribution in [-0.4, -0.2) is 18.5 Å². The Bertz CT molecular complexity index is 1160. The van der Waals surface area contributed by atoms with Crippen LogP contribution < -0.4 is 0 Å². The van der Waals surface area contributed by atoms with E-state index in [9.17, 15) is 8.42 Å². The summed E-state index contributed by atoms with van der Waals surface area (Å²) in [6.45, 7) is 1.92. The van der Waals surface area contributed by atoms with Gasteiger partial charge in [0.15, 0.2) is 0 Å². The molecule has 0 N–H and O–H groups in total. The Morgan fingerprint density at radius 1 is 0.862 bits per heavy atom. The van der Waals surface area contributed by atoms with E-state index in [-0.39, 0.29) is 4.90 Å². The van der Waals surface area contributed by atoms with Crippen molar-refractivity contribution in [1.29, 1.82) is 0 Å². The summed E-state index contributed by atoms with van der Waals surface area (Å²) in [4.78, 5) is 0.211. The topological polar surface area (TPSA) is 49.7 Å². The van der Waals surface area contributed by atoms with Gasteiger partial charge in [-0.25, -0.2) is 0 Å². The maximum atomic E-state index is 13.4. The van der Waals surface area contributed by atoms with Gasteiger partial charge in [-0.2, -0.15) is 17.9 Å². The summed E-state index contributed by atoms with van der Waals surface area (Å²) in [6, 6.07) is 20.8. The van der Waals surface area contributed by atoms with Crippen LogP contribution in [0, 0.1) is 6.92 Å². The third-order valence-electron chi connectivity index (χ3n) is 4.87. The molecule has 0 saturated heterocycles. The number of hydrazone groups is 1. The first-order valence-corrected chi connectivity index (χ1v) is 11.2. The van der Waals surface area contributed by atoms with Gasteiger partial charge in [0.25, 0.3) is 10.0 Å². The Hall–Kier alpha value is -2.34. The number of rotatable bonds is 4. The molecule has 1 aliphatic rings. The van der Waals surface area contributed by atoms with E-state index < -0.39 is 16.1 Å². The Kier molecular flexibility index (Phi) is 5.38. The zero-order chi connectivity index (χ0) is 20.6. The van der Waals surface area contributed by atoms with Crippen LogP contribution in [0.2, 0.25) is 10.0 Å². The highest BCUT2D eigenvalue weighted by atomic mass is 35.5. The van der Waals surface area contributed by atoms with Crippen LogP contribution in [0.5, 0.6) is 0 Å². The number of aryl methyl sites for hydroxylation is 1. The van der Waals surface area contributed by atoms with Crippen molar-refractivity contribution in [2.45, 2.75) is 24.3 Å². The molecule has 0 amide bonds. The Labute approximate surface area is 180 Å². The monoisotopic (exact) mass is 444 g/mol. The summed E-state index contributed by atoms with van der Waals surface area (Å²) >= 11 is 12.0. The summed E-state index contributed by atoms with van der Waals surface area (Å²) in [7, 11) is -3.83. The minimum absolute atomic E-state index is 0.211. The zero-order valence-electron chi connectivity index (χ0n) is 15.6. The molecule has 29 heavy (non-hydrogen) atoms. The molecule has 0 spiro atoms. The van der Waals surface area contributed by atoms with Gasteiger partial charge in [-0.3, -0.25) is 0 Å². The highest BCUT2D eigenvalue weighted by molar-refractivity contribution is 7.89. The predicted octanol–water partition coefficient (Wildman–Crippen LogP) is 5.84. The van der Waals surface area contributed by atoms with Crippen LogP contribution >= 0.6 is 23.2 Å². The fraction of sp³-hybridized carbons (Fsp3) is 0.136. The Morgan fingerprint density at radius 3 is 2.00 bits per heavy atom. The van der Waals surface area contributed by atoms with Crippen molar-refractivity contribution in [3.05, 3.63) is 99.5 Å². The van der Waals surface area contributed by atoms with E-state index in [1.165, 1.54) is 4.41 Å². The van der Waals surface area contributed by atoms with Gasteiger partial charge in [0.05, 0.1) is 16.6 Å². The van der Waals surface area contributed by atoms with Crippen molar-refractivity contribution in [1.82, 2.24) is 4.41 Å². The zero-order valence-corrected chi connectivity index (χ0v) is 17.9. The number of benzene rings is 3. The van der Waals surface area contributed by atoms with Crippen LogP contribution in [0.3, 0.4) is 0 Å². The summed E-state index contributed by atoms with van der Waals surface area (Å²) in [5.74, 6) is 0. The first-order valence-electron chi connectivity index (χ1n) is 9.04. The van der Waals surface area contributed by atoms with Crippen molar-refractivity contribution in [3.8, 4) is 0 Å². The van der Waals surface area contributed by atoms with E-state index >= 15 is 0 Å². The molecular weight excluding hydrogens is 427 g/mol. The van der Waals surface area contributed by atoms with Gasteiger partial charge in [-0.1, -0.05) is 65.2 Å². The molecule has 1 heterocycles. The van der Waals surface area contributed by atoms with Crippen molar-refractivity contribution >= 4 is 38.9 Å². The molecule has 1 aliphatic heterocycles. The molecule has 3 aromatic rings. The van der Waals surface area contributed by atoms with E-state index in [2.05, 4.69) is 5.10 Å². The van der Waals surface area contributed by atoms with Crippen LogP contribution in [0.1, 0.15) is 29.2 Å². The van der Waals surface area contributed by atoms with Crippen LogP contribution in [-0.2, 0) is 10.0 Å². The number of sulfonamides is 1. The van der Waals surface area contributed by atoms with Gasteiger partial charge in [-0.15, -0.1) is 0 Å². The maximum absolute atomic E-state index is 13.4. The summed E-state index contributed by atoms with van der Waals surface area (Å²) in [6.07, 6.45) is 0.453. The second-order valence-electron chi connectivity index (χ2n) is 6.92. The number of hydrogen-bond acceptors (Lipinski definition) is 3. The quantitative estimate of drug-likeness (QED) is 0.507. The molecule has 0 bridgehead atoms. The standard InChI is InChI=1S/C22H18Cl2N2O2S/c1-15-2-12-20(13-3-15)29(27,28)26-22(17-6-10-19(24)11-7-17)14-21(25-26)16-4-8-18(23)9-5-16/h2-13,22H,14H2,1H3. The highest BCUT2D eigenvalue weighted by Gasteiger charge is 2.37. The first kappa shape index (κ1) is 20.0. The van der Waals surface area contributed by atoms with Crippen LogP contribution in [0.25, 0.3) is 0 Å². The molecule has 0 aromatic heterocycles. The van der Waals surface area contributed by atoms with Crippen LogP contribution in [0.4, 0.5) is 0 Å². The molecule has 0 aliphatic carbocycles. The lowest BCUT2D eigenvalue weighted by molar-refractivity contribution is 0.371. The molecule has 1 unspecified atom stereocenters. The first-order chi connectivity index (χ1) is 13.8. The normalized spacial score (nSPS) is 16.7. The fourth-order valence-corrected chi connectivity index (χ4v) is 4.96. The number of nitrogens with zero attached hydrogens (tertiary/aromatic N) is 2. The second kappa shape index (κ2) is 7.82. The summed E-state index contributed by atoms with van der Waals surface area (Å²) in [5.41, 5.74) is 3.36. The average molecular weight is 445 g/mol. The molecule has 4 nitrogen and oxygen atoms in total. The molecule has 1 atom stereocenters. The van der Waals surface area contributed by atoms with Crippen molar-refractivity contribution in [3.63, 3.8) is 0 Å². The fourth-order valence-electron chi connectivity index (χ4n) is 3.28. The van der Waals surface area contributed by atoms with Gasteiger partial charge in [0.1, 0.15) is 0 Å². The van der Waals surface area contributed by atoms with Gasteiger partial charge < -0.3 is 0 Å². The van der Waals surface area contributed by atoms with Gasteiger partial charge in [0.2, 0.25) is 0 Å². The lowest BCUT2D eigenvalue weighted by Gasteiger charge is -2.23. The maximum Gasteiger partial charge on any atom is 0.279 e.